The van der Waals surface area contributed by atoms with E-state index in [4.69, 9.17) is 9.73 Å². The van der Waals surface area contributed by atoms with Crippen LogP contribution in [0.15, 0.2) is 41.7 Å². The van der Waals surface area contributed by atoms with Crippen LogP contribution >= 0.6 is 0 Å². The molecule has 2 aromatic rings. The van der Waals surface area contributed by atoms with Gasteiger partial charge in [0.25, 0.3) is 0 Å². The van der Waals surface area contributed by atoms with Crippen molar-refractivity contribution in [3.63, 3.8) is 0 Å². The minimum atomic E-state index is 0.685. The van der Waals surface area contributed by atoms with Crippen molar-refractivity contribution in [1.29, 1.82) is 0 Å². The Morgan fingerprint density at radius 1 is 1.13 bits per heavy atom. The van der Waals surface area contributed by atoms with Crippen LogP contribution in [0.25, 0.3) is 0 Å². The smallest absolute Gasteiger partial charge is 0.191 e. The van der Waals surface area contributed by atoms with Crippen LogP contribution in [0.3, 0.4) is 0 Å². The Kier molecular flexibility index (Phi) is 9.18. The number of imidazole rings is 1. The molecular formula is C23H36N6O. The van der Waals surface area contributed by atoms with Crippen molar-refractivity contribution in [1.82, 2.24) is 25.1 Å². The van der Waals surface area contributed by atoms with Gasteiger partial charge in [0.2, 0.25) is 0 Å². The fraction of sp³-hybridized carbons (Fsp3) is 0.565. The van der Waals surface area contributed by atoms with E-state index in [1.165, 1.54) is 11.1 Å². The Bertz CT molecular complexity index is 782. The van der Waals surface area contributed by atoms with E-state index in [1.54, 1.807) is 0 Å². The van der Waals surface area contributed by atoms with Crippen molar-refractivity contribution in [2.45, 2.75) is 46.3 Å². The highest BCUT2D eigenvalue weighted by atomic mass is 16.5. The van der Waals surface area contributed by atoms with Crippen LogP contribution in [0.2, 0.25) is 0 Å². The van der Waals surface area contributed by atoms with Gasteiger partial charge in [0.1, 0.15) is 5.82 Å². The first kappa shape index (κ1) is 22.3. The monoisotopic (exact) mass is 412 g/mol. The highest BCUT2D eigenvalue weighted by molar-refractivity contribution is 5.79. The second-order valence-electron chi connectivity index (χ2n) is 7.65. The molecule has 164 valence electrons. The summed E-state index contributed by atoms with van der Waals surface area (Å²) in [5.41, 5.74) is 2.64. The van der Waals surface area contributed by atoms with Crippen molar-refractivity contribution in [3.05, 3.63) is 53.6 Å². The Morgan fingerprint density at radius 3 is 2.67 bits per heavy atom. The molecule has 0 unspecified atom stereocenters. The average Bonchev–Trinajstić information content (AvgIpc) is 3.18. The zero-order chi connectivity index (χ0) is 21.0. The molecule has 1 aromatic carbocycles. The number of unbranched alkanes of at least 4 members (excludes halogenated alkanes) is 1. The summed E-state index contributed by atoms with van der Waals surface area (Å²) in [4.78, 5) is 11.6. The Balaban J connectivity index is 1.48. The third-order valence-electron chi connectivity index (χ3n) is 5.41. The van der Waals surface area contributed by atoms with Crippen LogP contribution in [0, 0.1) is 6.92 Å². The van der Waals surface area contributed by atoms with Gasteiger partial charge in [-0.2, -0.15) is 0 Å². The molecule has 7 nitrogen and oxygen atoms in total. The lowest BCUT2D eigenvalue weighted by atomic mass is 10.1. The SMILES string of the molecule is CCNC(=NCc1ccccc1CN1CCOCC1)NCCCCn1ccnc1C. The molecule has 0 atom stereocenters. The lowest BCUT2D eigenvalue weighted by Gasteiger charge is -2.27. The minimum Gasteiger partial charge on any atom is -0.379 e. The number of morpholine rings is 1. The maximum Gasteiger partial charge on any atom is 0.191 e. The molecule has 0 saturated carbocycles. The fourth-order valence-electron chi connectivity index (χ4n) is 3.63. The molecule has 7 heteroatoms. The second kappa shape index (κ2) is 12.3. The normalized spacial score (nSPS) is 15.3. The molecule has 0 amide bonds. The number of hydrogen-bond acceptors (Lipinski definition) is 4. The zero-order valence-corrected chi connectivity index (χ0v) is 18.4. The molecule has 3 rings (SSSR count). The summed E-state index contributed by atoms with van der Waals surface area (Å²) in [6.07, 6.45) is 6.12. The van der Waals surface area contributed by atoms with E-state index in [9.17, 15) is 0 Å². The Hall–Kier alpha value is -2.38. The molecule has 0 aliphatic carbocycles. The van der Waals surface area contributed by atoms with Crippen LogP contribution in [0.1, 0.15) is 36.7 Å². The van der Waals surface area contributed by atoms with E-state index in [2.05, 4.69) is 56.3 Å². The zero-order valence-electron chi connectivity index (χ0n) is 18.4. The van der Waals surface area contributed by atoms with E-state index < -0.39 is 0 Å². The predicted molar refractivity (Wildman–Crippen MR) is 122 cm³/mol. The first-order chi connectivity index (χ1) is 14.8. The van der Waals surface area contributed by atoms with E-state index in [-0.39, 0.29) is 0 Å². The maximum absolute atomic E-state index is 5.47. The van der Waals surface area contributed by atoms with Gasteiger partial charge in [-0.1, -0.05) is 24.3 Å². The number of benzene rings is 1. The number of hydrogen-bond donors (Lipinski definition) is 2. The molecule has 30 heavy (non-hydrogen) atoms. The van der Waals surface area contributed by atoms with Gasteiger partial charge in [-0.3, -0.25) is 4.90 Å². The van der Waals surface area contributed by atoms with Gasteiger partial charge in [-0.15, -0.1) is 0 Å². The Labute approximate surface area is 180 Å². The van der Waals surface area contributed by atoms with Crippen molar-refractivity contribution >= 4 is 5.96 Å². The number of guanidine groups is 1. The molecule has 0 radical (unpaired) electrons. The van der Waals surface area contributed by atoms with Crippen molar-refractivity contribution in [2.75, 3.05) is 39.4 Å². The van der Waals surface area contributed by atoms with Crippen LogP contribution in [0.5, 0.6) is 0 Å². The first-order valence-corrected chi connectivity index (χ1v) is 11.1. The number of ether oxygens (including phenoxy) is 1. The Morgan fingerprint density at radius 2 is 1.93 bits per heavy atom. The summed E-state index contributed by atoms with van der Waals surface area (Å²) in [7, 11) is 0. The molecular weight excluding hydrogens is 376 g/mol. The predicted octanol–water partition coefficient (Wildman–Crippen LogP) is 2.56. The lowest BCUT2D eigenvalue weighted by molar-refractivity contribution is 0.0341. The molecule has 0 bridgehead atoms. The van der Waals surface area contributed by atoms with Crippen LogP contribution in [-0.4, -0.2) is 59.8 Å². The van der Waals surface area contributed by atoms with Gasteiger partial charge in [0, 0.05) is 51.7 Å². The molecule has 1 aliphatic heterocycles. The van der Waals surface area contributed by atoms with Crippen molar-refractivity contribution in [2.24, 2.45) is 4.99 Å². The summed E-state index contributed by atoms with van der Waals surface area (Å²) < 4.78 is 7.67. The number of aryl methyl sites for hydroxylation is 2. The summed E-state index contributed by atoms with van der Waals surface area (Å²) in [5.74, 6) is 1.96. The summed E-state index contributed by atoms with van der Waals surface area (Å²) in [5, 5.41) is 6.84. The number of rotatable bonds is 10. The van der Waals surface area contributed by atoms with Gasteiger partial charge in [-0.05, 0) is 37.8 Å². The van der Waals surface area contributed by atoms with Crippen LogP contribution < -0.4 is 10.6 Å². The molecule has 2 heterocycles. The fourth-order valence-corrected chi connectivity index (χ4v) is 3.63. The first-order valence-electron chi connectivity index (χ1n) is 11.1. The van der Waals surface area contributed by atoms with E-state index >= 15 is 0 Å². The third kappa shape index (κ3) is 7.15. The number of nitrogens with zero attached hydrogens (tertiary/aromatic N) is 4. The van der Waals surface area contributed by atoms with Gasteiger partial charge < -0.3 is 19.9 Å². The van der Waals surface area contributed by atoms with E-state index in [1.807, 2.05) is 19.3 Å². The van der Waals surface area contributed by atoms with Gasteiger partial charge in [-0.25, -0.2) is 9.98 Å². The van der Waals surface area contributed by atoms with E-state index in [0.717, 1.165) is 77.1 Å². The summed E-state index contributed by atoms with van der Waals surface area (Å²) in [6.45, 7) is 12.2. The van der Waals surface area contributed by atoms with E-state index in [0.29, 0.717) is 6.54 Å². The average molecular weight is 413 g/mol. The largest absolute Gasteiger partial charge is 0.379 e. The van der Waals surface area contributed by atoms with Crippen LogP contribution in [0.4, 0.5) is 0 Å². The van der Waals surface area contributed by atoms with Crippen molar-refractivity contribution in [3.8, 4) is 0 Å². The van der Waals surface area contributed by atoms with Gasteiger partial charge >= 0.3 is 0 Å². The quantitative estimate of drug-likeness (QED) is 0.357. The highest BCUT2D eigenvalue weighted by Crippen LogP contribution is 2.14. The molecule has 1 saturated heterocycles. The highest BCUT2D eigenvalue weighted by Gasteiger charge is 2.12. The number of aliphatic imine (C=N–C) groups is 1. The standard InChI is InChI=1S/C23H36N6O/c1-3-24-23(26-10-6-7-12-29-13-11-25-20(29)2)27-18-21-8-4-5-9-22(21)19-28-14-16-30-17-15-28/h4-5,8-9,11,13H,3,6-7,10,12,14-19H2,1-2H3,(H2,24,26,27). The second-order valence-corrected chi connectivity index (χ2v) is 7.65. The van der Waals surface area contributed by atoms with Gasteiger partial charge in [0.05, 0.1) is 19.8 Å². The number of aromatic nitrogens is 2. The molecule has 2 N–H and O–H groups in total. The van der Waals surface area contributed by atoms with Crippen molar-refractivity contribution < 1.29 is 4.74 Å². The lowest BCUT2D eigenvalue weighted by Crippen LogP contribution is -2.38. The maximum atomic E-state index is 5.47. The topological polar surface area (TPSA) is 66.7 Å². The molecule has 1 aromatic heterocycles. The molecule has 1 aliphatic rings. The van der Waals surface area contributed by atoms with Gasteiger partial charge in [0.15, 0.2) is 5.96 Å². The molecule has 0 spiro atoms. The summed E-state index contributed by atoms with van der Waals surface area (Å²) >= 11 is 0. The number of nitrogens with one attached hydrogen (secondary N) is 2. The third-order valence-corrected chi connectivity index (χ3v) is 5.41. The minimum absolute atomic E-state index is 0.685. The summed E-state index contributed by atoms with van der Waals surface area (Å²) in [6, 6.07) is 8.63. The molecule has 1 fully saturated rings. The van der Waals surface area contributed by atoms with Crippen LogP contribution in [-0.2, 0) is 24.4 Å².